The zero-order valence-electron chi connectivity index (χ0n) is 8.95. The summed E-state index contributed by atoms with van der Waals surface area (Å²) in [4.78, 5) is 0.285. The maximum atomic E-state index is 5.45. The van der Waals surface area contributed by atoms with Crippen LogP contribution in [0.25, 0.3) is 0 Å². The van der Waals surface area contributed by atoms with E-state index in [0.717, 1.165) is 13.2 Å². The van der Waals surface area contributed by atoms with Gasteiger partial charge in [0.25, 0.3) is 0 Å². The molecular formula is C13H10BrIOS. The van der Waals surface area contributed by atoms with Crippen LogP contribution in [-0.2, 0) is 18.0 Å². The second-order valence-corrected chi connectivity index (χ2v) is 7.79. The Bertz CT molecular complexity index is 552. The largest absolute Gasteiger partial charge is 0.372 e. The van der Waals surface area contributed by atoms with Gasteiger partial charge in [0.2, 0.25) is 0 Å². The van der Waals surface area contributed by atoms with Crippen molar-refractivity contribution in [3.8, 4) is 0 Å². The maximum absolute atomic E-state index is 5.45. The van der Waals surface area contributed by atoms with Gasteiger partial charge in [-0.3, -0.25) is 0 Å². The van der Waals surface area contributed by atoms with Gasteiger partial charge >= 0.3 is 0 Å². The number of benzene rings is 1. The number of halogens is 2. The van der Waals surface area contributed by atoms with Crippen LogP contribution in [0.1, 0.15) is 27.1 Å². The summed E-state index contributed by atoms with van der Waals surface area (Å²) < 4.78 is 6.77. The van der Waals surface area contributed by atoms with Crippen LogP contribution in [0.2, 0.25) is 0 Å². The van der Waals surface area contributed by atoms with Gasteiger partial charge in [0.1, 0.15) is 0 Å². The summed E-state index contributed by atoms with van der Waals surface area (Å²) in [6.07, 6.45) is 0. The molecule has 3 rings (SSSR count). The minimum Gasteiger partial charge on any atom is -0.372 e. The Balaban J connectivity index is 1.94. The highest BCUT2D eigenvalue weighted by atomic mass is 127. The van der Waals surface area contributed by atoms with Crippen LogP contribution in [0.5, 0.6) is 0 Å². The fourth-order valence-electron chi connectivity index (χ4n) is 2.00. The van der Waals surface area contributed by atoms with E-state index < -0.39 is 0 Å². The van der Waals surface area contributed by atoms with Crippen molar-refractivity contribution in [2.75, 3.05) is 0 Å². The highest BCUT2D eigenvalue weighted by Gasteiger charge is 2.16. The van der Waals surface area contributed by atoms with Crippen molar-refractivity contribution in [3.05, 3.63) is 54.8 Å². The molecule has 1 aromatic heterocycles. The van der Waals surface area contributed by atoms with Gasteiger partial charge in [-0.1, -0.05) is 34.1 Å². The van der Waals surface area contributed by atoms with Gasteiger partial charge in [-0.05, 0) is 56.3 Å². The Hall–Kier alpha value is 0.0900. The minimum atomic E-state index is 0.285. The van der Waals surface area contributed by atoms with E-state index in [1.54, 1.807) is 11.3 Å². The molecule has 1 aromatic carbocycles. The van der Waals surface area contributed by atoms with E-state index in [2.05, 4.69) is 68.2 Å². The van der Waals surface area contributed by atoms with E-state index in [1.165, 1.54) is 25.1 Å². The standard InChI is InChI=1S/C13H10BrIOS/c14-13(11-4-12(15)17-7-11)8-1-2-9-5-16-6-10(9)3-8/h1-4,7,13H,5-6H2. The van der Waals surface area contributed by atoms with Crippen molar-refractivity contribution >= 4 is 49.9 Å². The molecule has 2 heterocycles. The molecule has 0 spiro atoms. The van der Waals surface area contributed by atoms with E-state index >= 15 is 0 Å². The first-order chi connectivity index (χ1) is 8.24. The third kappa shape index (κ3) is 2.45. The molecule has 0 N–H and O–H groups in total. The summed E-state index contributed by atoms with van der Waals surface area (Å²) in [6.45, 7) is 1.52. The predicted molar refractivity (Wildman–Crippen MR) is 82.7 cm³/mol. The molecule has 1 aliphatic heterocycles. The first-order valence-electron chi connectivity index (χ1n) is 5.31. The highest BCUT2D eigenvalue weighted by molar-refractivity contribution is 14.1. The lowest BCUT2D eigenvalue weighted by molar-refractivity contribution is 0.134. The number of alkyl halides is 1. The van der Waals surface area contributed by atoms with Gasteiger partial charge in [0.15, 0.2) is 0 Å². The lowest BCUT2D eigenvalue weighted by Gasteiger charge is -2.09. The predicted octanol–water partition coefficient (Wildman–Crippen LogP) is 4.87. The summed E-state index contributed by atoms with van der Waals surface area (Å²) >= 11 is 7.92. The van der Waals surface area contributed by atoms with Crippen LogP contribution in [0.3, 0.4) is 0 Å². The van der Waals surface area contributed by atoms with Crippen LogP contribution in [0.15, 0.2) is 29.6 Å². The second-order valence-electron chi connectivity index (χ2n) is 4.07. The molecule has 0 saturated carbocycles. The summed E-state index contributed by atoms with van der Waals surface area (Å²) in [5, 5.41) is 2.21. The molecule has 0 saturated heterocycles. The maximum Gasteiger partial charge on any atom is 0.0725 e. The zero-order valence-corrected chi connectivity index (χ0v) is 13.5. The quantitative estimate of drug-likeness (QED) is 0.497. The van der Waals surface area contributed by atoms with Crippen LogP contribution in [-0.4, -0.2) is 0 Å². The number of hydrogen-bond donors (Lipinski definition) is 0. The lowest BCUT2D eigenvalue weighted by atomic mass is 10.0. The SMILES string of the molecule is BrC(c1csc(I)c1)c1ccc2c(c1)COC2. The third-order valence-electron chi connectivity index (χ3n) is 2.92. The molecule has 0 aliphatic carbocycles. The van der Waals surface area contributed by atoms with E-state index in [4.69, 9.17) is 4.74 Å². The van der Waals surface area contributed by atoms with Gasteiger partial charge in [0.05, 0.1) is 20.9 Å². The third-order valence-corrected chi connectivity index (χ3v) is 5.78. The van der Waals surface area contributed by atoms with Gasteiger partial charge < -0.3 is 4.74 Å². The normalized spacial score (nSPS) is 15.9. The summed E-state index contributed by atoms with van der Waals surface area (Å²) in [5.74, 6) is 0. The topological polar surface area (TPSA) is 9.23 Å². The van der Waals surface area contributed by atoms with Gasteiger partial charge in [0, 0.05) is 0 Å². The van der Waals surface area contributed by atoms with Crippen molar-refractivity contribution < 1.29 is 4.74 Å². The van der Waals surface area contributed by atoms with Crippen LogP contribution >= 0.6 is 49.9 Å². The Morgan fingerprint density at radius 1 is 1.18 bits per heavy atom. The highest BCUT2D eigenvalue weighted by Crippen LogP contribution is 2.35. The van der Waals surface area contributed by atoms with Crippen LogP contribution in [0, 0.1) is 2.88 Å². The molecular weight excluding hydrogens is 411 g/mol. The van der Waals surface area contributed by atoms with Crippen LogP contribution < -0.4 is 0 Å². The number of rotatable bonds is 2. The molecule has 1 atom stereocenters. The Morgan fingerprint density at radius 2 is 2.00 bits per heavy atom. The van der Waals surface area contributed by atoms with Crippen molar-refractivity contribution in [2.24, 2.45) is 0 Å². The van der Waals surface area contributed by atoms with Crippen molar-refractivity contribution in [3.63, 3.8) is 0 Å². The summed E-state index contributed by atoms with van der Waals surface area (Å²) in [5.41, 5.74) is 5.30. The molecule has 17 heavy (non-hydrogen) atoms. The van der Waals surface area contributed by atoms with E-state index in [0.29, 0.717) is 0 Å². The number of fused-ring (bicyclic) bond motifs is 1. The average Bonchev–Trinajstić information content (AvgIpc) is 2.95. The van der Waals surface area contributed by atoms with Crippen molar-refractivity contribution in [2.45, 2.75) is 18.0 Å². The van der Waals surface area contributed by atoms with Gasteiger partial charge in [-0.15, -0.1) is 11.3 Å². The zero-order chi connectivity index (χ0) is 11.8. The Kier molecular flexibility index (Phi) is 3.57. The lowest BCUT2D eigenvalue weighted by Crippen LogP contribution is -1.93. The fourth-order valence-corrected chi connectivity index (χ4v) is 4.12. The fraction of sp³-hybridized carbons (Fsp3) is 0.231. The number of ether oxygens (including phenoxy) is 1. The van der Waals surface area contributed by atoms with Gasteiger partial charge in [-0.25, -0.2) is 0 Å². The molecule has 0 amide bonds. The molecule has 88 valence electrons. The Morgan fingerprint density at radius 3 is 2.76 bits per heavy atom. The van der Waals surface area contributed by atoms with Crippen molar-refractivity contribution in [1.82, 2.24) is 0 Å². The number of thiophene rings is 1. The first-order valence-corrected chi connectivity index (χ1v) is 8.19. The molecule has 0 fully saturated rings. The smallest absolute Gasteiger partial charge is 0.0725 e. The van der Waals surface area contributed by atoms with E-state index in [-0.39, 0.29) is 4.83 Å². The molecule has 1 nitrogen and oxygen atoms in total. The molecule has 1 unspecified atom stereocenters. The van der Waals surface area contributed by atoms with Gasteiger partial charge in [-0.2, -0.15) is 0 Å². The van der Waals surface area contributed by atoms with E-state index in [9.17, 15) is 0 Å². The summed E-state index contributed by atoms with van der Waals surface area (Å²) in [6, 6.07) is 8.86. The second kappa shape index (κ2) is 4.99. The summed E-state index contributed by atoms with van der Waals surface area (Å²) in [7, 11) is 0. The first kappa shape index (κ1) is 12.1. The van der Waals surface area contributed by atoms with E-state index in [1.807, 2.05) is 0 Å². The Labute approximate surface area is 126 Å². The average molecular weight is 421 g/mol. The molecule has 0 bridgehead atoms. The molecule has 2 aromatic rings. The monoisotopic (exact) mass is 420 g/mol. The number of hydrogen-bond acceptors (Lipinski definition) is 2. The van der Waals surface area contributed by atoms with Crippen LogP contribution in [0.4, 0.5) is 0 Å². The molecule has 0 radical (unpaired) electrons. The minimum absolute atomic E-state index is 0.285. The van der Waals surface area contributed by atoms with Crippen molar-refractivity contribution in [1.29, 1.82) is 0 Å². The molecule has 1 aliphatic rings. The molecule has 4 heteroatoms.